The van der Waals surface area contributed by atoms with Crippen LogP contribution in [0.3, 0.4) is 0 Å². The van der Waals surface area contributed by atoms with Crippen LogP contribution in [0, 0.1) is 0 Å². The predicted molar refractivity (Wildman–Crippen MR) is 61.4 cm³/mol. The molecule has 2 amide bonds. The second kappa shape index (κ2) is 4.92. The van der Waals surface area contributed by atoms with Gasteiger partial charge in [-0.05, 0) is 26.0 Å². The third-order valence-electron chi connectivity index (χ3n) is 2.12. The average Bonchev–Trinajstić information content (AvgIpc) is 2.28. The zero-order valence-corrected chi connectivity index (χ0v) is 9.73. The molecule has 1 rings (SSSR count). The van der Waals surface area contributed by atoms with Crippen LogP contribution in [0.1, 0.15) is 34.7 Å². The van der Waals surface area contributed by atoms with Crippen LogP contribution >= 0.6 is 0 Å². The summed E-state index contributed by atoms with van der Waals surface area (Å²) in [4.78, 5) is 26.4. The molecule has 0 aromatic carbocycles. The smallest absolute Gasteiger partial charge is 0.267 e. The molecule has 0 bridgehead atoms. The fourth-order valence-corrected chi connectivity index (χ4v) is 1.13. The fourth-order valence-electron chi connectivity index (χ4n) is 1.13. The largest absolute Gasteiger partial charge is 0.394 e. The van der Waals surface area contributed by atoms with Crippen molar-refractivity contribution in [3.8, 4) is 0 Å². The van der Waals surface area contributed by atoms with Gasteiger partial charge in [-0.25, -0.2) is 0 Å². The minimum absolute atomic E-state index is 0.0273. The van der Waals surface area contributed by atoms with E-state index in [9.17, 15) is 9.59 Å². The van der Waals surface area contributed by atoms with Crippen LogP contribution in [0.15, 0.2) is 18.3 Å². The standard InChI is InChI=1S/C11H15N3O3/c1-11(2,6-15)14-10(17)7-3-4-13-8(5-7)9(12)16/h3-5,15H,6H2,1-2H3,(H2,12,16)(H,14,17). The first-order chi connectivity index (χ1) is 7.85. The van der Waals surface area contributed by atoms with E-state index in [0.717, 1.165) is 0 Å². The summed E-state index contributed by atoms with van der Waals surface area (Å²) in [5.41, 5.74) is 4.63. The van der Waals surface area contributed by atoms with Gasteiger partial charge in [0.25, 0.3) is 11.8 Å². The lowest BCUT2D eigenvalue weighted by atomic mass is 10.1. The van der Waals surface area contributed by atoms with E-state index in [4.69, 9.17) is 10.8 Å². The number of hydrogen-bond donors (Lipinski definition) is 3. The van der Waals surface area contributed by atoms with Crippen molar-refractivity contribution in [2.45, 2.75) is 19.4 Å². The van der Waals surface area contributed by atoms with E-state index in [1.807, 2.05) is 0 Å². The molecule has 0 saturated heterocycles. The third-order valence-corrected chi connectivity index (χ3v) is 2.12. The Balaban J connectivity index is 2.90. The van der Waals surface area contributed by atoms with Crippen molar-refractivity contribution >= 4 is 11.8 Å². The lowest BCUT2D eigenvalue weighted by Gasteiger charge is -2.23. The molecule has 0 spiro atoms. The molecule has 0 fully saturated rings. The molecule has 0 atom stereocenters. The van der Waals surface area contributed by atoms with Gasteiger partial charge >= 0.3 is 0 Å². The summed E-state index contributed by atoms with van der Waals surface area (Å²) in [5.74, 6) is -1.09. The van der Waals surface area contributed by atoms with Crippen LogP contribution in [0.2, 0.25) is 0 Å². The number of carbonyl (C=O) groups is 2. The maximum Gasteiger partial charge on any atom is 0.267 e. The number of pyridine rings is 1. The van der Waals surface area contributed by atoms with Gasteiger partial charge in [-0.2, -0.15) is 0 Å². The molecule has 92 valence electrons. The first-order valence-corrected chi connectivity index (χ1v) is 5.05. The van der Waals surface area contributed by atoms with Gasteiger partial charge in [-0.15, -0.1) is 0 Å². The molecule has 1 aromatic rings. The molecule has 0 unspecified atom stereocenters. The number of aliphatic hydroxyl groups is 1. The zero-order valence-electron chi connectivity index (χ0n) is 9.73. The number of aromatic nitrogens is 1. The third kappa shape index (κ3) is 3.53. The summed E-state index contributed by atoms with van der Waals surface area (Å²) in [6, 6.07) is 2.78. The van der Waals surface area contributed by atoms with Gasteiger partial charge in [0.2, 0.25) is 0 Å². The first-order valence-electron chi connectivity index (χ1n) is 5.05. The number of nitrogens with one attached hydrogen (secondary N) is 1. The summed E-state index contributed by atoms with van der Waals surface area (Å²) in [5, 5.41) is 11.7. The number of carbonyl (C=O) groups excluding carboxylic acids is 2. The number of aliphatic hydroxyl groups excluding tert-OH is 1. The average molecular weight is 237 g/mol. The minimum atomic E-state index is -0.729. The van der Waals surface area contributed by atoms with Crippen molar-refractivity contribution in [3.63, 3.8) is 0 Å². The number of rotatable bonds is 4. The molecule has 4 N–H and O–H groups in total. The minimum Gasteiger partial charge on any atom is -0.394 e. The molecule has 0 saturated carbocycles. The van der Waals surface area contributed by atoms with Crippen molar-refractivity contribution in [1.29, 1.82) is 0 Å². The van der Waals surface area contributed by atoms with Gasteiger partial charge in [0.05, 0.1) is 12.1 Å². The number of primary amides is 1. The normalized spacial score (nSPS) is 11.0. The monoisotopic (exact) mass is 237 g/mol. The molecule has 6 nitrogen and oxygen atoms in total. The summed E-state index contributed by atoms with van der Waals surface area (Å²) in [7, 11) is 0. The Kier molecular flexibility index (Phi) is 3.80. The van der Waals surface area contributed by atoms with E-state index in [1.165, 1.54) is 18.3 Å². The molecule has 0 aliphatic rings. The van der Waals surface area contributed by atoms with Gasteiger partial charge in [0.15, 0.2) is 0 Å². The Bertz CT molecular complexity index is 443. The maximum absolute atomic E-state index is 11.8. The highest BCUT2D eigenvalue weighted by Gasteiger charge is 2.20. The Hall–Kier alpha value is -1.95. The highest BCUT2D eigenvalue weighted by atomic mass is 16.3. The van der Waals surface area contributed by atoms with E-state index >= 15 is 0 Å². The lowest BCUT2D eigenvalue weighted by Crippen LogP contribution is -2.46. The number of nitrogens with zero attached hydrogens (tertiary/aromatic N) is 1. The summed E-state index contributed by atoms with van der Waals surface area (Å²) in [6.45, 7) is 3.18. The van der Waals surface area contributed by atoms with E-state index in [2.05, 4.69) is 10.3 Å². The van der Waals surface area contributed by atoms with E-state index in [1.54, 1.807) is 13.8 Å². The van der Waals surface area contributed by atoms with Gasteiger partial charge in [0.1, 0.15) is 5.69 Å². The molecule has 0 radical (unpaired) electrons. The molecule has 1 aromatic heterocycles. The quantitative estimate of drug-likeness (QED) is 0.667. The molecule has 0 aliphatic heterocycles. The first kappa shape index (κ1) is 13.1. The maximum atomic E-state index is 11.8. The topological polar surface area (TPSA) is 105 Å². The Morgan fingerprint density at radius 1 is 1.53 bits per heavy atom. The van der Waals surface area contributed by atoms with Gasteiger partial charge < -0.3 is 16.2 Å². The van der Waals surface area contributed by atoms with Crippen LogP contribution in [0.5, 0.6) is 0 Å². The lowest BCUT2D eigenvalue weighted by molar-refractivity contribution is 0.0869. The number of amides is 2. The van der Waals surface area contributed by atoms with Crippen molar-refractivity contribution in [3.05, 3.63) is 29.6 Å². The Morgan fingerprint density at radius 3 is 2.71 bits per heavy atom. The van der Waals surface area contributed by atoms with Crippen LogP contribution in [0.25, 0.3) is 0 Å². The molecular formula is C11H15N3O3. The Morgan fingerprint density at radius 2 is 2.18 bits per heavy atom. The molecular weight excluding hydrogens is 222 g/mol. The predicted octanol–water partition coefficient (Wildman–Crippen LogP) is -0.319. The summed E-state index contributed by atoms with van der Waals surface area (Å²) >= 11 is 0. The number of hydrogen-bond acceptors (Lipinski definition) is 4. The van der Waals surface area contributed by atoms with Crippen molar-refractivity contribution in [2.24, 2.45) is 5.73 Å². The van der Waals surface area contributed by atoms with E-state index in [-0.39, 0.29) is 17.9 Å². The van der Waals surface area contributed by atoms with E-state index in [0.29, 0.717) is 0 Å². The fraction of sp³-hybridized carbons (Fsp3) is 0.364. The van der Waals surface area contributed by atoms with Gasteiger partial charge in [-0.3, -0.25) is 14.6 Å². The number of nitrogens with two attached hydrogens (primary N) is 1. The summed E-state index contributed by atoms with van der Waals surface area (Å²) < 4.78 is 0. The van der Waals surface area contributed by atoms with Crippen molar-refractivity contribution in [1.82, 2.24) is 10.3 Å². The van der Waals surface area contributed by atoms with Crippen LogP contribution in [-0.2, 0) is 0 Å². The van der Waals surface area contributed by atoms with Gasteiger partial charge in [0, 0.05) is 11.8 Å². The highest BCUT2D eigenvalue weighted by Crippen LogP contribution is 2.06. The van der Waals surface area contributed by atoms with Crippen molar-refractivity contribution in [2.75, 3.05) is 6.61 Å². The summed E-state index contributed by atoms with van der Waals surface area (Å²) in [6.07, 6.45) is 1.33. The van der Waals surface area contributed by atoms with Crippen LogP contribution in [0.4, 0.5) is 0 Å². The second-order valence-corrected chi connectivity index (χ2v) is 4.29. The molecule has 6 heteroatoms. The second-order valence-electron chi connectivity index (χ2n) is 4.29. The van der Waals surface area contributed by atoms with Gasteiger partial charge in [-0.1, -0.05) is 0 Å². The zero-order chi connectivity index (χ0) is 13.1. The highest BCUT2D eigenvalue weighted by molar-refractivity contribution is 5.98. The SMILES string of the molecule is CC(C)(CO)NC(=O)c1ccnc(C(N)=O)c1. The molecule has 0 aliphatic carbocycles. The molecule has 17 heavy (non-hydrogen) atoms. The van der Waals surface area contributed by atoms with Crippen LogP contribution in [-0.4, -0.2) is 34.1 Å². The molecule has 1 heterocycles. The van der Waals surface area contributed by atoms with Crippen LogP contribution < -0.4 is 11.1 Å². The van der Waals surface area contributed by atoms with E-state index < -0.39 is 17.4 Å². The Labute approximate surface area is 98.8 Å². The van der Waals surface area contributed by atoms with Crippen molar-refractivity contribution < 1.29 is 14.7 Å².